The Hall–Kier alpha value is -3.84. The number of amides is 3. The van der Waals surface area contributed by atoms with E-state index in [1.54, 1.807) is 35.6 Å². The van der Waals surface area contributed by atoms with E-state index in [-0.39, 0.29) is 17.7 Å². The normalized spacial score (nSPS) is 13.0. The van der Waals surface area contributed by atoms with Crippen LogP contribution in [0.1, 0.15) is 31.1 Å². The number of para-hydroxylation sites is 1. The largest absolute Gasteiger partial charge is 0.322 e. The molecule has 146 valence electrons. The van der Waals surface area contributed by atoms with Gasteiger partial charge in [-0.3, -0.25) is 19.3 Å². The van der Waals surface area contributed by atoms with Crippen molar-refractivity contribution in [3.05, 3.63) is 82.7 Å². The number of aromatic nitrogens is 1. The van der Waals surface area contributed by atoms with E-state index in [1.165, 1.54) is 7.05 Å². The molecule has 0 saturated carbocycles. The van der Waals surface area contributed by atoms with Crippen molar-refractivity contribution in [2.75, 3.05) is 12.4 Å². The zero-order valence-corrected chi connectivity index (χ0v) is 16.7. The minimum atomic E-state index is -0.375. The van der Waals surface area contributed by atoms with Gasteiger partial charge in [0.05, 0.1) is 32.8 Å². The number of benzene rings is 2. The fourth-order valence-electron chi connectivity index (χ4n) is 3.55. The molecule has 3 amide bonds. The Morgan fingerprint density at radius 2 is 1.77 bits per heavy atom. The molecule has 7 heteroatoms. The molecule has 3 heterocycles. The number of carbonyl (C=O) groups excluding carboxylic acids is 3. The first kappa shape index (κ1) is 18.2. The summed E-state index contributed by atoms with van der Waals surface area (Å²) in [5, 5.41) is 5.56. The zero-order valence-electron chi connectivity index (χ0n) is 15.9. The fraction of sp³-hybridized carbons (Fsp3) is 0.0435. The van der Waals surface area contributed by atoms with Gasteiger partial charge >= 0.3 is 0 Å². The predicted molar refractivity (Wildman–Crippen MR) is 116 cm³/mol. The van der Waals surface area contributed by atoms with E-state index in [0.717, 1.165) is 26.4 Å². The van der Waals surface area contributed by atoms with Crippen LogP contribution in [-0.4, -0.2) is 34.7 Å². The first-order valence-electron chi connectivity index (χ1n) is 9.24. The molecule has 2 aromatic heterocycles. The molecule has 1 aliphatic rings. The van der Waals surface area contributed by atoms with Gasteiger partial charge in [-0.2, -0.15) is 0 Å². The predicted octanol–water partition coefficient (Wildman–Crippen LogP) is 4.44. The first-order valence-corrected chi connectivity index (χ1v) is 10.1. The maximum atomic E-state index is 13.2. The smallest absolute Gasteiger partial charge is 0.261 e. The Morgan fingerprint density at radius 3 is 2.57 bits per heavy atom. The van der Waals surface area contributed by atoms with E-state index in [4.69, 9.17) is 0 Å². The summed E-state index contributed by atoms with van der Waals surface area (Å²) in [4.78, 5) is 44.2. The summed E-state index contributed by atoms with van der Waals surface area (Å²) >= 11 is 1.55. The van der Waals surface area contributed by atoms with Crippen molar-refractivity contribution >= 4 is 45.6 Å². The van der Waals surface area contributed by atoms with Gasteiger partial charge in [0.1, 0.15) is 0 Å². The summed E-state index contributed by atoms with van der Waals surface area (Å²) < 4.78 is 0. The lowest BCUT2D eigenvalue weighted by molar-refractivity contribution is 0.0692. The molecule has 0 bridgehead atoms. The van der Waals surface area contributed by atoms with Crippen LogP contribution in [-0.2, 0) is 0 Å². The molecule has 0 radical (unpaired) electrons. The van der Waals surface area contributed by atoms with Crippen LogP contribution < -0.4 is 5.32 Å². The molecule has 0 aliphatic carbocycles. The van der Waals surface area contributed by atoms with E-state index in [2.05, 4.69) is 10.3 Å². The second-order valence-electron chi connectivity index (χ2n) is 6.93. The van der Waals surface area contributed by atoms with Crippen LogP contribution in [0, 0.1) is 0 Å². The molecule has 2 aromatic carbocycles. The minimum absolute atomic E-state index is 0.291. The number of nitrogens with zero attached hydrogens (tertiary/aromatic N) is 2. The number of hydrogen-bond donors (Lipinski definition) is 1. The standard InChI is InChI=1S/C23H15N3O3S/c1-26-22(28)15-9-8-13(11-17(15)23(26)29)24-21(27)16-12-19(20-7-4-10-30-20)25-18-6-3-2-5-14(16)18/h2-12H,1H3,(H,24,27). The average Bonchev–Trinajstić information content (AvgIpc) is 3.37. The third kappa shape index (κ3) is 2.87. The summed E-state index contributed by atoms with van der Waals surface area (Å²) in [7, 11) is 1.44. The number of pyridine rings is 1. The van der Waals surface area contributed by atoms with Crippen molar-refractivity contribution < 1.29 is 14.4 Å². The van der Waals surface area contributed by atoms with Gasteiger partial charge in [-0.15, -0.1) is 11.3 Å². The van der Waals surface area contributed by atoms with Crippen LogP contribution >= 0.6 is 11.3 Å². The van der Waals surface area contributed by atoms with Gasteiger partial charge in [0.25, 0.3) is 17.7 Å². The molecule has 1 aliphatic heterocycles. The number of rotatable bonds is 3. The van der Waals surface area contributed by atoms with E-state index < -0.39 is 0 Å². The molecular weight excluding hydrogens is 398 g/mol. The SMILES string of the molecule is CN1C(=O)c2ccc(NC(=O)c3cc(-c4cccs4)nc4ccccc34)cc2C1=O. The highest BCUT2D eigenvalue weighted by Crippen LogP contribution is 2.29. The van der Waals surface area contributed by atoms with Gasteiger partial charge in [0.2, 0.25) is 0 Å². The summed E-state index contributed by atoms with van der Waals surface area (Å²) in [5.41, 5.74) is 3.03. The van der Waals surface area contributed by atoms with E-state index in [0.29, 0.717) is 22.4 Å². The van der Waals surface area contributed by atoms with Crippen LogP contribution in [0.25, 0.3) is 21.5 Å². The quantitative estimate of drug-likeness (QED) is 0.504. The highest BCUT2D eigenvalue weighted by molar-refractivity contribution is 7.13. The Kier molecular flexibility index (Phi) is 4.18. The third-order valence-electron chi connectivity index (χ3n) is 5.08. The molecule has 0 atom stereocenters. The topological polar surface area (TPSA) is 79.4 Å². The number of anilines is 1. The second kappa shape index (κ2) is 6.89. The first-order chi connectivity index (χ1) is 14.5. The fourth-order valence-corrected chi connectivity index (χ4v) is 4.24. The van der Waals surface area contributed by atoms with Crippen LogP contribution in [0.5, 0.6) is 0 Å². The van der Waals surface area contributed by atoms with E-state index >= 15 is 0 Å². The number of hydrogen-bond acceptors (Lipinski definition) is 5. The highest BCUT2D eigenvalue weighted by Gasteiger charge is 2.32. The Balaban J connectivity index is 1.55. The number of carbonyl (C=O) groups is 3. The Morgan fingerprint density at radius 1 is 0.967 bits per heavy atom. The lowest BCUT2D eigenvalue weighted by atomic mass is 10.1. The van der Waals surface area contributed by atoms with Crippen LogP contribution in [0.4, 0.5) is 5.69 Å². The summed E-state index contributed by atoms with van der Waals surface area (Å²) in [6, 6.07) is 17.9. The molecule has 6 nitrogen and oxygen atoms in total. The van der Waals surface area contributed by atoms with Crippen molar-refractivity contribution in [1.29, 1.82) is 0 Å². The molecule has 4 aromatic rings. The monoisotopic (exact) mass is 413 g/mol. The Bertz CT molecular complexity index is 1350. The van der Waals surface area contributed by atoms with Crippen LogP contribution in [0.2, 0.25) is 0 Å². The highest BCUT2D eigenvalue weighted by atomic mass is 32.1. The molecular formula is C23H15N3O3S. The van der Waals surface area contributed by atoms with Crippen molar-refractivity contribution in [2.24, 2.45) is 0 Å². The Labute approximate surface area is 175 Å². The molecule has 0 fully saturated rings. The van der Waals surface area contributed by atoms with Crippen molar-refractivity contribution in [1.82, 2.24) is 9.88 Å². The van der Waals surface area contributed by atoms with Gasteiger partial charge in [-0.25, -0.2) is 4.98 Å². The number of nitrogens with one attached hydrogen (secondary N) is 1. The molecule has 0 spiro atoms. The van der Waals surface area contributed by atoms with Crippen LogP contribution in [0.3, 0.4) is 0 Å². The number of thiophene rings is 1. The van der Waals surface area contributed by atoms with Crippen molar-refractivity contribution in [2.45, 2.75) is 0 Å². The van der Waals surface area contributed by atoms with Gasteiger partial charge in [0, 0.05) is 18.1 Å². The third-order valence-corrected chi connectivity index (χ3v) is 5.97. The van der Waals surface area contributed by atoms with Gasteiger partial charge in [-0.05, 0) is 41.8 Å². The van der Waals surface area contributed by atoms with Crippen LogP contribution in [0.15, 0.2) is 66.0 Å². The summed E-state index contributed by atoms with van der Waals surface area (Å²) in [5.74, 6) is -1.02. The lowest BCUT2D eigenvalue weighted by Gasteiger charge is -2.10. The van der Waals surface area contributed by atoms with Gasteiger partial charge in [0.15, 0.2) is 0 Å². The van der Waals surface area contributed by atoms with Crippen molar-refractivity contribution in [3.8, 4) is 10.6 Å². The second-order valence-corrected chi connectivity index (χ2v) is 7.88. The molecule has 0 saturated heterocycles. The molecule has 0 unspecified atom stereocenters. The molecule has 5 rings (SSSR count). The lowest BCUT2D eigenvalue weighted by Crippen LogP contribution is -2.24. The minimum Gasteiger partial charge on any atom is -0.322 e. The van der Waals surface area contributed by atoms with Gasteiger partial charge < -0.3 is 5.32 Å². The molecule has 1 N–H and O–H groups in total. The summed E-state index contributed by atoms with van der Waals surface area (Å²) in [6.45, 7) is 0. The van der Waals surface area contributed by atoms with E-state index in [9.17, 15) is 14.4 Å². The van der Waals surface area contributed by atoms with Gasteiger partial charge in [-0.1, -0.05) is 24.3 Å². The number of imide groups is 1. The number of fused-ring (bicyclic) bond motifs is 2. The zero-order chi connectivity index (χ0) is 20.8. The average molecular weight is 413 g/mol. The van der Waals surface area contributed by atoms with E-state index in [1.807, 2.05) is 41.8 Å². The molecule has 30 heavy (non-hydrogen) atoms. The maximum absolute atomic E-state index is 13.2. The maximum Gasteiger partial charge on any atom is 0.261 e. The van der Waals surface area contributed by atoms with Crippen molar-refractivity contribution in [3.63, 3.8) is 0 Å². The summed E-state index contributed by atoms with van der Waals surface area (Å²) in [6.07, 6.45) is 0.